The van der Waals surface area contributed by atoms with Crippen LogP contribution in [0.3, 0.4) is 0 Å². The monoisotopic (exact) mass is 431 g/mol. The Balaban J connectivity index is 1.63. The second kappa shape index (κ2) is 9.82. The molecule has 32 heavy (non-hydrogen) atoms. The third kappa shape index (κ3) is 4.64. The van der Waals surface area contributed by atoms with Crippen LogP contribution in [0.4, 0.5) is 0 Å². The Morgan fingerprint density at radius 2 is 1.94 bits per heavy atom. The predicted octanol–water partition coefficient (Wildman–Crippen LogP) is 3.57. The maximum atomic E-state index is 13.1. The van der Waals surface area contributed by atoms with E-state index in [2.05, 4.69) is 10.3 Å². The quantitative estimate of drug-likeness (QED) is 0.410. The molecule has 2 aromatic heterocycles. The van der Waals surface area contributed by atoms with E-state index in [9.17, 15) is 4.79 Å². The van der Waals surface area contributed by atoms with Crippen LogP contribution >= 0.6 is 0 Å². The molecule has 0 aliphatic rings. The number of nitrogens with zero attached hydrogens (tertiary/aromatic N) is 4. The van der Waals surface area contributed by atoms with Gasteiger partial charge in [0.2, 0.25) is 0 Å². The lowest BCUT2D eigenvalue weighted by molar-refractivity contribution is 0.0953. The lowest BCUT2D eigenvalue weighted by Gasteiger charge is -2.10. The molecule has 2 aromatic carbocycles. The van der Waals surface area contributed by atoms with Gasteiger partial charge in [-0.15, -0.1) is 0 Å². The third-order valence-corrected chi connectivity index (χ3v) is 5.08. The number of carbonyl (C=O) groups excluding carboxylic acids is 1. The van der Waals surface area contributed by atoms with Crippen LogP contribution in [0.5, 0.6) is 11.5 Å². The van der Waals surface area contributed by atoms with Crippen molar-refractivity contribution in [1.29, 1.82) is 0 Å². The molecule has 0 bridgehead atoms. The van der Waals surface area contributed by atoms with Gasteiger partial charge in [-0.2, -0.15) is 5.10 Å². The zero-order valence-corrected chi connectivity index (χ0v) is 18.1. The van der Waals surface area contributed by atoms with Gasteiger partial charge in [0.05, 0.1) is 31.8 Å². The molecule has 1 amide bonds. The van der Waals surface area contributed by atoms with Crippen LogP contribution in [0.15, 0.2) is 73.4 Å². The molecule has 1 N–H and O–H groups in total. The van der Waals surface area contributed by atoms with Crippen LogP contribution in [-0.4, -0.2) is 46.0 Å². The minimum Gasteiger partial charge on any atom is -0.497 e. The van der Waals surface area contributed by atoms with Crippen molar-refractivity contribution in [1.82, 2.24) is 24.6 Å². The van der Waals surface area contributed by atoms with Gasteiger partial charge in [-0.3, -0.25) is 4.79 Å². The molecule has 4 aromatic rings. The Bertz CT molecular complexity index is 1170. The first kappa shape index (κ1) is 21.2. The van der Waals surface area contributed by atoms with Gasteiger partial charge in [0.15, 0.2) is 0 Å². The number of amides is 1. The molecule has 0 spiro atoms. The maximum Gasteiger partial charge on any atom is 0.255 e. The van der Waals surface area contributed by atoms with Crippen LogP contribution in [0.25, 0.3) is 16.9 Å². The molecular weight excluding hydrogens is 406 g/mol. The van der Waals surface area contributed by atoms with Gasteiger partial charge in [-0.25, -0.2) is 9.67 Å². The fourth-order valence-electron chi connectivity index (χ4n) is 3.42. The van der Waals surface area contributed by atoms with Crippen LogP contribution in [0.2, 0.25) is 0 Å². The van der Waals surface area contributed by atoms with Crippen molar-refractivity contribution in [2.45, 2.75) is 13.0 Å². The zero-order valence-electron chi connectivity index (χ0n) is 18.1. The number of hydrogen-bond acceptors (Lipinski definition) is 5. The number of ether oxygens (including phenoxy) is 2. The molecule has 2 heterocycles. The molecule has 0 radical (unpaired) electrons. The van der Waals surface area contributed by atoms with Gasteiger partial charge >= 0.3 is 0 Å². The molecule has 0 saturated carbocycles. The van der Waals surface area contributed by atoms with Crippen molar-refractivity contribution < 1.29 is 14.3 Å². The average molecular weight is 431 g/mol. The summed E-state index contributed by atoms with van der Waals surface area (Å²) in [5.74, 6) is 1.06. The summed E-state index contributed by atoms with van der Waals surface area (Å²) >= 11 is 0. The molecule has 0 atom stereocenters. The van der Waals surface area contributed by atoms with Crippen molar-refractivity contribution in [3.8, 4) is 28.4 Å². The van der Waals surface area contributed by atoms with Gasteiger partial charge in [-0.05, 0) is 30.7 Å². The largest absolute Gasteiger partial charge is 0.497 e. The van der Waals surface area contributed by atoms with Crippen molar-refractivity contribution >= 4 is 5.91 Å². The van der Waals surface area contributed by atoms with E-state index >= 15 is 0 Å². The Kier molecular flexibility index (Phi) is 6.50. The van der Waals surface area contributed by atoms with E-state index in [-0.39, 0.29) is 5.91 Å². The number of methoxy groups -OCH3 is 2. The number of benzene rings is 2. The predicted molar refractivity (Wildman–Crippen MR) is 121 cm³/mol. The van der Waals surface area contributed by atoms with Gasteiger partial charge in [0.25, 0.3) is 5.91 Å². The minimum absolute atomic E-state index is 0.189. The SMILES string of the molecule is COc1ccc(-c2nn(-c3ccccc3)cc2C(=O)NCCCn2ccnc2)c(OC)c1. The Hall–Kier alpha value is -4.07. The Morgan fingerprint density at radius 1 is 1.09 bits per heavy atom. The number of para-hydroxylation sites is 1. The summed E-state index contributed by atoms with van der Waals surface area (Å²) in [6.07, 6.45) is 7.94. The molecule has 0 aliphatic carbocycles. The molecular formula is C24H25N5O3. The van der Waals surface area contributed by atoms with Crippen LogP contribution in [0.1, 0.15) is 16.8 Å². The van der Waals surface area contributed by atoms with Crippen molar-refractivity contribution in [3.63, 3.8) is 0 Å². The van der Waals surface area contributed by atoms with Crippen molar-refractivity contribution in [2.24, 2.45) is 0 Å². The molecule has 8 nitrogen and oxygen atoms in total. The summed E-state index contributed by atoms with van der Waals surface area (Å²) in [4.78, 5) is 17.2. The molecule has 0 fully saturated rings. The number of hydrogen-bond donors (Lipinski definition) is 1. The fourth-order valence-corrected chi connectivity index (χ4v) is 3.42. The minimum atomic E-state index is -0.189. The number of aromatic nitrogens is 4. The molecule has 0 unspecified atom stereocenters. The normalized spacial score (nSPS) is 10.7. The van der Waals surface area contributed by atoms with Gasteiger partial charge in [-0.1, -0.05) is 18.2 Å². The molecule has 4 rings (SSSR count). The summed E-state index contributed by atoms with van der Waals surface area (Å²) in [5, 5.41) is 7.73. The summed E-state index contributed by atoms with van der Waals surface area (Å²) < 4.78 is 14.6. The average Bonchev–Trinajstić information content (AvgIpc) is 3.52. The van der Waals surface area contributed by atoms with E-state index in [0.29, 0.717) is 34.9 Å². The molecule has 164 valence electrons. The maximum absolute atomic E-state index is 13.1. The number of imidazole rings is 1. The first-order valence-corrected chi connectivity index (χ1v) is 10.3. The third-order valence-electron chi connectivity index (χ3n) is 5.08. The van der Waals surface area contributed by atoms with E-state index in [1.807, 2.05) is 53.2 Å². The standard InChI is InChI=1S/C24H25N5O3/c1-31-19-9-10-20(22(15-19)32-2)23-21(16-29(27-23)18-7-4-3-5-8-18)24(30)26-11-6-13-28-14-12-25-17-28/h3-5,7-10,12,14-17H,6,11,13H2,1-2H3,(H,26,30). The molecule has 0 aliphatic heterocycles. The summed E-state index contributed by atoms with van der Waals surface area (Å²) in [5.41, 5.74) is 2.59. The second-order valence-electron chi connectivity index (χ2n) is 7.15. The highest BCUT2D eigenvalue weighted by Gasteiger charge is 2.21. The number of aryl methyl sites for hydroxylation is 1. The van der Waals surface area contributed by atoms with Crippen molar-refractivity contribution in [2.75, 3.05) is 20.8 Å². The van der Waals surface area contributed by atoms with E-state index in [1.165, 1.54) is 0 Å². The van der Waals surface area contributed by atoms with Crippen LogP contribution in [-0.2, 0) is 6.54 Å². The summed E-state index contributed by atoms with van der Waals surface area (Å²) in [7, 11) is 3.18. The highest BCUT2D eigenvalue weighted by atomic mass is 16.5. The van der Waals surface area contributed by atoms with Crippen LogP contribution < -0.4 is 14.8 Å². The smallest absolute Gasteiger partial charge is 0.255 e. The number of nitrogens with one attached hydrogen (secondary N) is 1. The lowest BCUT2D eigenvalue weighted by atomic mass is 10.1. The van der Waals surface area contributed by atoms with E-state index < -0.39 is 0 Å². The molecule has 8 heteroatoms. The first-order valence-electron chi connectivity index (χ1n) is 10.3. The zero-order chi connectivity index (χ0) is 22.3. The van der Waals surface area contributed by atoms with Gasteiger partial charge in [0.1, 0.15) is 17.2 Å². The van der Waals surface area contributed by atoms with Gasteiger partial charge in [0, 0.05) is 43.3 Å². The second-order valence-corrected chi connectivity index (χ2v) is 7.15. The van der Waals surface area contributed by atoms with E-state index in [0.717, 1.165) is 18.7 Å². The van der Waals surface area contributed by atoms with E-state index in [4.69, 9.17) is 14.6 Å². The summed E-state index contributed by atoms with van der Waals surface area (Å²) in [6.45, 7) is 1.31. The Labute approximate surface area is 186 Å². The fraction of sp³-hybridized carbons (Fsp3) is 0.208. The summed E-state index contributed by atoms with van der Waals surface area (Å²) in [6, 6.07) is 15.1. The van der Waals surface area contributed by atoms with E-state index in [1.54, 1.807) is 43.7 Å². The molecule has 0 saturated heterocycles. The lowest BCUT2D eigenvalue weighted by Crippen LogP contribution is -2.25. The number of carbonyl (C=O) groups is 1. The van der Waals surface area contributed by atoms with Crippen molar-refractivity contribution in [3.05, 3.63) is 79.0 Å². The first-order chi connectivity index (χ1) is 15.7. The van der Waals surface area contributed by atoms with Crippen LogP contribution in [0, 0.1) is 0 Å². The van der Waals surface area contributed by atoms with Gasteiger partial charge < -0.3 is 19.4 Å². The Morgan fingerprint density at radius 3 is 2.66 bits per heavy atom. The highest BCUT2D eigenvalue weighted by Crippen LogP contribution is 2.34. The number of rotatable bonds is 9. The highest BCUT2D eigenvalue weighted by molar-refractivity contribution is 6.00. The topological polar surface area (TPSA) is 83.2 Å².